The summed E-state index contributed by atoms with van der Waals surface area (Å²) in [7, 11) is 0. The number of carbonyl (C=O) groups is 1. The number of nitrogens with zero attached hydrogens (tertiary/aromatic N) is 2. The van der Waals surface area contributed by atoms with Crippen molar-refractivity contribution in [1.29, 1.82) is 0 Å². The van der Waals surface area contributed by atoms with Gasteiger partial charge in [-0.3, -0.25) is 9.89 Å². The molecule has 2 aromatic carbocycles. The zero-order valence-electron chi connectivity index (χ0n) is 19.3. The highest BCUT2D eigenvalue weighted by molar-refractivity contribution is 5.87. The van der Waals surface area contributed by atoms with Crippen LogP contribution in [0.15, 0.2) is 48.5 Å². The number of aromatic nitrogens is 2. The average Bonchev–Trinajstić information content (AvgIpc) is 3.25. The van der Waals surface area contributed by atoms with E-state index in [9.17, 15) is 9.90 Å². The maximum absolute atomic E-state index is 11.2. The van der Waals surface area contributed by atoms with E-state index < -0.39 is 6.10 Å². The number of halogens is 1. The number of aliphatic hydroxyl groups excluding tert-OH is 1. The molecule has 184 valence electrons. The van der Waals surface area contributed by atoms with Gasteiger partial charge in [-0.15, -0.1) is 12.4 Å². The molecule has 1 atom stereocenters. The molecule has 0 amide bonds. The monoisotopic (exact) mass is 489 g/mol. The first-order chi connectivity index (χ1) is 16.1. The van der Waals surface area contributed by atoms with Crippen molar-refractivity contribution in [1.82, 2.24) is 15.1 Å². The van der Waals surface area contributed by atoms with Gasteiger partial charge < -0.3 is 24.2 Å². The quantitative estimate of drug-likeness (QED) is 0.420. The lowest BCUT2D eigenvalue weighted by molar-refractivity contribution is -0.142. The van der Waals surface area contributed by atoms with Crippen molar-refractivity contribution in [3.05, 3.63) is 54.2 Å². The molecule has 9 heteroatoms. The van der Waals surface area contributed by atoms with E-state index in [0.717, 1.165) is 49.2 Å². The lowest BCUT2D eigenvalue weighted by Crippen LogP contribution is -2.41. The number of esters is 1. The third-order valence-corrected chi connectivity index (χ3v) is 5.87. The number of carbonyl (C=O) groups excluding carboxylic acids is 1. The number of ether oxygens (including phenoxy) is 3. The van der Waals surface area contributed by atoms with Crippen LogP contribution in [-0.2, 0) is 16.1 Å². The number of fused-ring (bicyclic) bond motifs is 1. The zero-order valence-corrected chi connectivity index (χ0v) is 20.1. The number of para-hydroxylation sites is 1. The highest BCUT2D eigenvalue weighted by Crippen LogP contribution is 2.28. The third-order valence-electron chi connectivity index (χ3n) is 5.87. The SMILES string of the molecule is CC(=O)OCc1[nH]nc2cccc(OCC(O)CN3CCC(COc4ccccc4)CC3)c12.Cl. The third kappa shape index (κ3) is 7.09. The molecule has 4 rings (SSSR count). The van der Waals surface area contributed by atoms with Crippen LogP contribution < -0.4 is 9.47 Å². The van der Waals surface area contributed by atoms with E-state index in [4.69, 9.17) is 14.2 Å². The number of benzene rings is 2. The van der Waals surface area contributed by atoms with Gasteiger partial charge in [0.1, 0.15) is 30.8 Å². The normalized spacial score (nSPS) is 15.5. The number of hydrogen-bond donors (Lipinski definition) is 2. The van der Waals surface area contributed by atoms with E-state index in [0.29, 0.717) is 23.9 Å². The highest BCUT2D eigenvalue weighted by atomic mass is 35.5. The smallest absolute Gasteiger partial charge is 0.303 e. The Labute approximate surface area is 205 Å². The van der Waals surface area contributed by atoms with Gasteiger partial charge >= 0.3 is 5.97 Å². The standard InChI is InChI=1S/C25H31N3O5.ClH/c1-18(29)31-17-23-25-22(26-27-23)8-5-9-24(25)33-16-20(30)14-28-12-10-19(11-13-28)15-32-21-6-3-2-4-7-21;/h2-9,19-20,30H,10-17H2,1H3,(H,26,27);1H. The van der Waals surface area contributed by atoms with Crippen molar-refractivity contribution in [2.75, 3.05) is 32.8 Å². The minimum absolute atomic E-state index is 0. The van der Waals surface area contributed by atoms with E-state index in [-0.39, 0.29) is 31.6 Å². The first-order valence-corrected chi connectivity index (χ1v) is 11.4. The second-order valence-electron chi connectivity index (χ2n) is 8.47. The molecule has 2 heterocycles. The summed E-state index contributed by atoms with van der Waals surface area (Å²) in [4.78, 5) is 13.4. The fourth-order valence-corrected chi connectivity index (χ4v) is 4.10. The number of aliphatic hydroxyl groups is 1. The lowest BCUT2D eigenvalue weighted by Gasteiger charge is -2.33. The molecule has 0 spiro atoms. The Morgan fingerprint density at radius 2 is 1.91 bits per heavy atom. The molecule has 1 aliphatic rings. The number of rotatable bonds is 10. The Bertz CT molecular complexity index is 1040. The van der Waals surface area contributed by atoms with Crippen LogP contribution in [0.4, 0.5) is 0 Å². The molecule has 1 saturated heterocycles. The summed E-state index contributed by atoms with van der Waals surface area (Å²) < 4.78 is 16.9. The lowest BCUT2D eigenvalue weighted by atomic mass is 9.97. The number of likely N-dealkylation sites (tertiary alicyclic amines) is 1. The van der Waals surface area contributed by atoms with Gasteiger partial charge in [-0.25, -0.2) is 0 Å². The molecule has 2 N–H and O–H groups in total. The minimum Gasteiger partial charge on any atom is -0.493 e. The second-order valence-corrected chi connectivity index (χ2v) is 8.47. The first-order valence-electron chi connectivity index (χ1n) is 11.4. The maximum atomic E-state index is 11.2. The Morgan fingerprint density at radius 3 is 2.65 bits per heavy atom. The number of hydrogen-bond acceptors (Lipinski definition) is 7. The van der Waals surface area contributed by atoms with Gasteiger partial charge in [-0.1, -0.05) is 24.3 Å². The van der Waals surface area contributed by atoms with Crippen LogP contribution in [0.5, 0.6) is 11.5 Å². The van der Waals surface area contributed by atoms with E-state index in [1.807, 2.05) is 48.5 Å². The molecule has 0 radical (unpaired) electrons. The molecule has 0 aliphatic carbocycles. The fourth-order valence-electron chi connectivity index (χ4n) is 4.10. The van der Waals surface area contributed by atoms with Crippen LogP contribution in [0.25, 0.3) is 10.9 Å². The molecule has 1 fully saturated rings. The molecule has 3 aromatic rings. The largest absolute Gasteiger partial charge is 0.493 e. The van der Waals surface area contributed by atoms with Gasteiger partial charge in [0.25, 0.3) is 0 Å². The van der Waals surface area contributed by atoms with Crippen LogP contribution >= 0.6 is 12.4 Å². The zero-order chi connectivity index (χ0) is 23.0. The van der Waals surface area contributed by atoms with Crippen molar-refractivity contribution in [3.8, 4) is 11.5 Å². The van der Waals surface area contributed by atoms with Crippen LogP contribution in [-0.4, -0.2) is 65.1 Å². The Balaban J connectivity index is 0.00000324. The molecule has 1 aromatic heterocycles. The topological polar surface area (TPSA) is 96.9 Å². The van der Waals surface area contributed by atoms with E-state index in [1.54, 1.807) is 0 Å². The molecule has 1 unspecified atom stereocenters. The number of β-amino-alcohol motifs (C(OH)–C–C–N with tert-alkyl or cyclic N) is 1. The fraction of sp³-hybridized carbons (Fsp3) is 0.440. The number of H-pyrrole nitrogens is 1. The molecule has 1 aliphatic heterocycles. The molecular weight excluding hydrogens is 458 g/mol. The van der Waals surface area contributed by atoms with Crippen molar-refractivity contribution in [2.24, 2.45) is 5.92 Å². The van der Waals surface area contributed by atoms with Crippen LogP contribution in [0.2, 0.25) is 0 Å². The summed E-state index contributed by atoms with van der Waals surface area (Å²) >= 11 is 0. The molecule has 0 saturated carbocycles. The predicted molar refractivity (Wildman–Crippen MR) is 131 cm³/mol. The number of piperidine rings is 1. The Morgan fingerprint density at radius 1 is 1.15 bits per heavy atom. The van der Waals surface area contributed by atoms with Gasteiger partial charge in [0.15, 0.2) is 0 Å². The molecule has 34 heavy (non-hydrogen) atoms. The molecule has 0 bridgehead atoms. The van der Waals surface area contributed by atoms with Crippen molar-refractivity contribution in [2.45, 2.75) is 32.5 Å². The predicted octanol–water partition coefficient (Wildman–Crippen LogP) is 3.58. The van der Waals surface area contributed by atoms with E-state index in [2.05, 4.69) is 15.1 Å². The summed E-state index contributed by atoms with van der Waals surface area (Å²) in [5.74, 6) is 1.70. The van der Waals surface area contributed by atoms with Gasteiger partial charge in [-0.2, -0.15) is 5.10 Å². The van der Waals surface area contributed by atoms with Crippen LogP contribution in [0.3, 0.4) is 0 Å². The van der Waals surface area contributed by atoms with Crippen LogP contribution in [0, 0.1) is 5.92 Å². The van der Waals surface area contributed by atoms with Gasteiger partial charge in [-0.05, 0) is 56.1 Å². The Hall–Kier alpha value is -2.81. The summed E-state index contributed by atoms with van der Waals surface area (Å²) in [5.41, 5.74) is 1.40. The minimum atomic E-state index is -0.610. The van der Waals surface area contributed by atoms with Gasteiger partial charge in [0, 0.05) is 13.5 Å². The highest BCUT2D eigenvalue weighted by Gasteiger charge is 2.22. The van der Waals surface area contributed by atoms with Crippen molar-refractivity contribution < 1.29 is 24.1 Å². The van der Waals surface area contributed by atoms with Crippen molar-refractivity contribution >= 4 is 29.3 Å². The molecular formula is C25H32ClN3O5. The summed E-state index contributed by atoms with van der Waals surface area (Å²) in [6.45, 7) is 4.80. The number of nitrogens with one attached hydrogen (secondary N) is 1. The van der Waals surface area contributed by atoms with E-state index in [1.165, 1.54) is 6.92 Å². The van der Waals surface area contributed by atoms with Gasteiger partial charge in [0.05, 0.1) is 23.2 Å². The summed E-state index contributed by atoms with van der Waals surface area (Å²) in [6, 6.07) is 15.5. The summed E-state index contributed by atoms with van der Waals surface area (Å²) in [5, 5.41) is 18.5. The molecule has 8 nitrogen and oxygen atoms in total. The van der Waals surface area contributed by atoms with Gasteiger partial charge in [0.2, 0.25) is 0 Å². The van der Waals surface area contributed by atoms with Crippen molar-refractivity contribution in [3.63, 3.8) is 0 Å². The van der Waals surface area contributed by atoms with Crippen LogP contribution in [0.1, 0.15) is 25.5 Å². The van der Waals surface area contributed by atoms with E-state index >= 15 is 0 Å². The average molecular weight is 490 g/mol. The Kier molecular flexibility index (Phi) is 9.56. The second kappa shape index (κ2) is 12.6. The maximum Gasteiger partial charge on any atom is 0.303 e. The number of aromatic amines is 1. The summed E-state index contributed by atoms with van der Waals surface area (Å²) in [6.07, 6.45) is 1.49. The first kappa shape index (κ1) is 25.8.